The van der Waals surface area contributed by atoms with E-state index in [0.717, 1.165) is 6.61 Å². The summed E-state index contributed by atoms with van der Waals surface area (Å²) in [7, 11) is 0. The molecule has 1 nitrogen and oxygen atoms in total. The van der Waals surface area contributed by atoms with Crippen molar-refractivity contribution in [1.82, 2.24) is 0 Å². The molecule has 0 aromatic rings. The summed E-state index contributed by atoms with van der Waals surface area (Å²) >= 11 is 1.47. The molecule has 0 radical (unpaired) electrons. The highest BCUT2D eigenvalue weighted by atomic mass is 32.2. The molecule has 0 N–H and O–H groups in total. The molecule has 12 heavy (non-hydrogen) atoms. The monoisotopic (exact) mass is 190 g/mol. The Morgan fingerprint density at radius 3 is 2.08 bits per heavy atom. The number of rotatable bonds is 9. The van der Waals surface area contributed by atoms with Crippen LogP contribution in [0.1, 0.15) is 51.9 Å². The van der Waals surface area contributed by atoms with Gasteiger partial charge in [-0.3, -0.25) is 0 Å². The van der Waals surface area contributed by atoms with Gasteiger partial charge in [-0.1, -0.05) is 45.4 Å². The molecule has 0 bridgehead atoms. The van der Waals surface area contributed by atoms with Crippen LogP contribution in [0.25, 0.3) is 0 Å². The average molecular weight is 190 g/mol. The third-order valence-electron chi connectivity index (χ3n) is 1.95. The molecule has 0 aliphatic heterocycles. The van der Waals surface area contributed by atoms with E-state index < -0.39 is 0 Å². The summed E-state index contributed by atoms with van der Waals surface area (Å²) in [5.41, 5.74) is 0. The van der Waals surface area contributed by atoms with Crippen molar-refractivity contribution in [3.05, 3.63) is 0 Å². The van der Waals surface area contributed by atoms with E-state index >= 15 is 0 Å². The Balaban J connectivity index is 2.73. The van der Waals surface area contributed by atoms with Crippen molar-refractivity contribution in [2.75, 3.05) is 12.9 Å². The lowest BCUT2D eigenvalue weighted by Crippen LogP contribution is -1.86. The molecule has 0 spiro atoms. The van der Waals surface area contributed by atoms with Crippen LogP contribution in [-0.4, -0.2) is 12.9 Å². The molecule has 0 rings (SSSR count). The SMILES string of the molecule is CCCCCCCCCOSC. The average Bonchev–Trinajstić information content (AvgIpc) is 2.10. The summed E-state index contributed by atoms with van der Waals surface area (Å²) in [6, 6.07) is 0. The molecule has 0 aromatic heterocycles. The largest absolute Gasteiger partial charge is 0.316 e. The van der Waals surface area contributed by atoms with Crippen LogP contribution in [0.4, 0.5) is 0 Å². The van der Waals surface area contributed by atoms with Gasteiger partial charge >= 0.3 is 0 Å². The van der Waals surface area contributed by atoms with Gasteiger partial charge in [0.1, 0.15) is 0 Å². The summed E-state index contributed by atoms with van der Waals surface area (Å²) < 4.78 is 5.18. The fourth-order valence-electron chi connectivity index (χ4n) is 1.20. The van der Waals surface area contributed by atoms with Gasteiger partial charge in [-0.25, -0.2) is 0 Å². The Kier molecular flexibility index (Phi) is 11.6. The van der Waals surface area contributed by atoms with E-state index in [1.807, 2.05) is 6.26 Å². The van der Waals surface area contributed by atoms with E-state index in [1.54, 1.807) is 0 Å². The summed E-state index contributed by atoms with van der Waals surface area (Å²) in [6.07, 6.45) is 11.5. The van der Waals surface area contributed by atoms with Crippen LogP contribution >= 0.6 is 12.0 Å². The molecule has 0 atom stereocenters. The second kappa shape index (κ2) is 11.3. The Labute approximate surface area is 81.5 Å². The van der Waals surface area contributed by atoms with Crippen molar-refractivity contribution in [1.29, 1.82) is 0 Å². The van der Waals surface area contributed by atoms with E-state index in [0.29, 0.717) is 0 Å². The van der Waals surface area contributed by atoms with Crippen LogP contribution < -0.4 is 0 Å². The quantitative estimate of drug-likeness (QED) is 0.401. The van der Waals surface area contributed by atoms with Crippen LogP contribution in [0.15, 0.2) is 0 Å². The molecular weight excluding hydrogens is 168 g/mol. The van der Waals surface area contributed by atoms with Gasteiger partial charge in [0.2, 0.25) is 0 Å². The second-order valence-corrected chi connectivity index (χ2v) is 3.68. The molecule has 0 aliphatic rings. The second-order valence-electron chi connectivity index (χ2n) is 3.11. The molecule has 0 saturated carbocycles. The zero-order chi connectivity index (χ0) is 9.07. The Bertz CT molecular complexity index is 66.2. The number of hydrogen-bond donors (Lipinski definition) is 0. The smallest absolute Gasteiger partial charge is 0.0613 e. The van der Waals surface area contributed by atoms with Gasteiger partial charge in [0.15, 0.2) is 0 Å². The van der Waals surface area contributed by atoms with Crippen molar-refractivity contribution in [2.24, 2.45) is 0 Å². The fourth-order valence-corrected chi connectivity index (χ4v) is 1.49. The number of unbranched alkanes of at least 4 members (excludes halogenated alkanes) is 6. The highest BCUT2D eigenvalue weighted by Crippen LogP contribution is 2.07. The summed E-state index contributed by atoms with van der Waals surface area (Å²) in [4.78, 5) is 0. The van der Waals surface area contributed by atoms with Gasteiger partial charge < -0.3 is 4.18 Å². The summed E-state index contributed by atoms with van der Waals surface area (Å²) in [5, 5.41) is 0. The molecule has 2 heteroatoms. The van der Waals surface area contributed by atoms with Crippen LogP contribution in [0.5, 0.6) is 0 Å². The lowest BCUT2D eigenvalue weighted by Gasteiger charge is -2.00. The van der Waals surface area contributed by atoms with Crippen LogP contribution in [0.2, 0.25) is 0 Å². The van der Waals surface area contributed by atoms with Gasteiger partial charge in [0, 0.05) is 6.26 Å². The first-order chi connectivity index (χ1) is 5.91. The Hall–Kier alpha value is 0.310. The molecule has 0 fully saturated rings. The van der Waals surface area contributed by atoms with E-state index in [-0.39, 0.29) is 0 Å². The van der Waals surface area contributed by atoms with Gasteiger partial charge in [-0.05, 0) is 18.5 Å². The molecule has 0 aliphatic carbocycles. The molecule has 74 valence electrons. The molecule has 0 amide bonds. The van der Waals surface area contributed by atoms with Gasteiger partial charge in [0.05, 0.1) is 6.61 Å². The highest BCUT2D eigenvalue weighted by Gasteiger charge is 1.90. The topological polar surface area (TPSA) is 9.23 Å². The van der Waals surface area contributed by atoms with Gasteiger partial charge in [-0.15, -0.1) is 0 Å². The zero-order valence-corrected chi connectivity index (χ0v) is 9.29. The fraction of sp³-hybridized carbons (Fsp3) is 1.00. The molecule has 0 heterocycles. The van der Waals surface area contributed by atoms with Crippen molar-refractivity contribution in [2.45, 2.75) is 51.9 Å². The molecular formula is C10H22OS. The lowest BCUT2D eigenvalue weighted by molar-refractivity contribution is 0.356. The third kappa shape index (κ3) is 10.3. The van der Waals surface area contributed by atoms with Crippen molar-refractivity contribution < 1.29 is 4.18 Å². The van der Waals surface area contributed by atoms with Crippen LogP contribution in [0, 0.1) is 0 Å². The maximum absolute atomic E-state index is 5.18. The highest BCUT2D eigenvalue weighted by molar-refractivity contribution is 7.93. The maximum atomic E-state index is 5.18. The minimum Gasteiger partial charge on any atom is -0.316 e. The van der Waals surface area contributed by atoms with E-state index in [9.17, 15) is 0 Å². The van der Waals surface area contributed by atoms with Gasteiger partial charge in [0.25, 0.3) is 0 Å². The summed E-state index contributed by atoms with van der Waals surface area (Å²) in [6.45, 7) is 3.18. The lowest BCUT2D eigenvalue weighted by atomic mass is 10.1. The predicted molar refractivity (Wildman–Crippen MR) is 57.5 cm³/mol. The summed E-state index contributed by atoms with van der Waals surface area (Å²) in [5.74, 6) is 0. The first-order valence-electron chi connectivity index (χ1n) is 5.07. The van der Waals surface area contributed by atoms with E-state index in [2.05, 4.69) is 6.92 Å². The maximum Gasteiger partial charge on any atom is 0.0613 e. The van der Waals surface area contributed by atoms with Crippen LogP contribution in [0.3, 0.4) is 0 Å². The van der Waals surface area contributed by atoms with E-state index in [4.69, 9.17) is 4.18 Å². The molecule has 0 aromatic carbocycles. The zero-order valence-electron chi connectivity index (χ0n) is 8.47. The standard InChI is InChI=1S/C10H22OS/c1-3-4-5-6-7-8-9-10-11-12-2/h3-10H2,1-2H3. The first kappa shape index (κ1) is 12.3. The Morgan fingerprint density at radius 2 is 1.50 bits per heavy atom. The van der Waals surface area contributed by atoms with Crippen molar-refractivity contribution in [3.8, 4) is 0 Å². The first-order valence-corrected chi connectivity index (χ1v) is 6.22. The molecule has 0 unspecified atom stereocenters. The minimum absolute atomic E-state index is 0.926. The minimum atomic E-state index is 0.926. The molecule has 0 saturated heterocycles. The third-order valence-corrected chi connectivity index (χ3v) is 2.35. The normalized spacial score (nSPS) is 10.5. The van der Waals surface area contributed by atoms with Crippen molar-refractivity contribution >= 4 is 12.0 Å². The predicted octanol–water partition coefficient (Wildman–Crippen LogP) is 4.03. The Morgan fingerprint density at radius 1 is 0.917 bits per heavy atom. The van der Waals surface area contributed by atoms with Crippen molar-refractivity contribution in [3.63, 3.8) is 0 Å². The van der Waals surface area contributed by atoms with E-state index in [1.165, 1.54) is 57.0 Å². The number of hydrogen-bond acceptors (Lipinski definition) is 2. The van der Waals surface area contributed by atoms with Crippen LogP contribution in [-0.2, 0) is 4.18 Å². The van der Waals surface area contributed by atoms with Gasteiger partial charge in [-0.2, -0.15) is 0 Å².